The summed E-state index contributed by atoms with van der Waals surface area (Å²) >= 11 is 6.36. The molecule has 0 saturated carbocycles. The van der Waals surface area contributed by atoms with Crippen molar-refractivity contribution in [3.63, 3.8) is 0 Å². The summed E-state index contributed by atoms with van der Waals surface area (Å²) in [6.07, 6.45) is 1.71. The van der Waals surface area contributed by atoms with Crippen LogP contribution in [0.1, 0.15) is 24.0 Å². The van der Waals surface area contributed by atoms with Gasteiger partial charge in [0.15, 0.2) is 11.5 Å². The molecule has 0 aliphatic carbocycles. The molecule has 0 bridgehead atoms. The molecule has 2 aromatic carbocycles. The molecule has 3 amide bonds. The smallest absolute Gasteiger partial charge is 0.327 e. The highest BCUT2D eigenvalue weighted by Gasteiger charge is 2.47. The Bertz CT molecular complexity index is 998. The number of ether oxygens (including phenoxy) is 2. The van der Waals surface area contributed by atoms with Gasteiger partial charge in [0, 0.05) is 11.6 Å². The molecular weight excluding hydrogens is 406 g/mol. The standard InChI is InChI=1S/C22H22ClN3O4/c23-16-5-2-1-4-15(16)12-25-17-6-3-9-24-20(17)21(27)26(22(25)28)11-14-7-8-18-19(10-14)30-13-29-18/h1-2,4-5,7-8,10,17,20,24H,3,6,9,11-13H2. The molecule has 3 heterocycles. The van der Waals surface area contributed by atoms with Gasteiger partial charge in [-0.1, -0.05) is 35.9 Å². The Morgan fingerprint density at radius 3 is 2.77 bits per heavy atom. The number of piperidine rings is 1. The van der Waals surface area contributed by atoms with Gasteiger partial charge >= 0.3 is 6.03 Å². The van der Waals surface area contributed by atoms with E-state index in [2.05, 4.69) is 5.32 Å². The molecule has 2 aromatic rings. The van der Waals surface area contributed by atoms with E-state index in [4.69, 9.17) is 21.1 Å². The van der Waals surface area contributed by atoms with E-state index in [1.54, 1.807) is 11.0 Å². The van der Waals surface area contributed by atoms with Gasteiger partial charge in [-0.05, 0) is 48.7 Å². The van der Waals surface area contributed by atoms with Crippen LogP contribution in [0.15, 0.2) is 42.5 Å². The maximum Gasteiger partial charge on any atom is 0.327 e. The summed E-state index contributed by atoms with van der Waals surface area (Å²) in [5, 5.41) is 3.93. The van der Waals surface area contributed by atoms with Crippen LogP contribution in [0.3, 0.4) is 0 Å². The lowest BCUT2D eigenvalue weighted by Crippen LogP contribution is -2.68. The summed E-state index contributed by atoms with van der Waals surface area (Å²) in [6, 6.07) is 12.1. The topological polar surface area (TPSA) is 71.1 Å². The summed E-state index contributed by atoms with van der Waals surface area (Å²) < 4.78 is 10.8. The van der Waals surface area contributed by atoms with Crippen molar-refractivity contribution in [1.82, 2.24) is 15.1 Å². The zero-order chi connectivity index (χ0) is 20.7. The van der Waals surface area contributed by atoms with E-state index < -0.39 is 6.04 Å². The Kier molecular flexibility index (Phi) is 5.00. The van der Waals surface area contributed by atoms with E-state index in [0.717, 1.165) is 30.5 Å². The number of carbonyl (C=O) groups excluding carboxylic acids is 2. The number of nitrogens with zero attached hydrogens (tertiary/aromatic N) is 2. The van der Waals surface area contributed by atoms with Crippen LogP contribution in [0, 0.1) is 0 Å². The molecule has 2 atom stereocenters. The largest absolute Gasteiger partial charge is 0.454 e. The minimum atomic E-state index is -0.409. The monoisotopic (exact) mass is 427 g/mol. The van der Waals surface area contributed by atoms with Crippen LogP contribution in [0.5, 0.6) is 11.5 Å². The van der Waals surface area contributed by atoms with E-state index in [1.165, 1.54) is 4.90 Å². The summed E-state index contributed by atoms with van der Waals surface area (Å²) in [5.41, 5.74) is 1.68. The molecule has 7 nitrogen and oxygen atoms in total. The van der Waals surface area contributed by atoms with Gasteiger partial charge in [0.2, 0.25) is 12.7 Å². The molecular formula is C22H22ClN3O4. The van der Waals surface area contributed by atoms with E-state index in [0.29, 0.717) is 23.1 Å². The fourth-order valence-electron chi connectivity index (χ4n) is 4.38. The molecule has 3 aliphatic rings. The number of hydrogen-bond acceptors (Lipinski definition) is 5. The molecule has 5 rings (SSSR count). The van der Waals surface area contributed by atoms with Crippen LogP contribution in [0.4, 0.5) is 4.79 Å². The average molecular weight is 428 g/mol. The highest BCUT2D eigenvalue weighted by molar-refractivity contribution is 6.31. The first kappa shape index (κ1) is 19.2. The van der Waals surface area contributed by atoms with Gasteiger partial charge in [0.1, 0.15) is 6.04 Å². The Morgan fingerprint density at radius 2 is 1.90 bits per heavy atom. The van der Waals surface area contributed by atoms with Gasteiger partial charge in [0.25, 0.3) is 0 Å². The number of carbonyl (C=O) groups is 2. The first-order valence-electron chi connectivity index (χ1n) is 10.1. The van der Waals surface area contributed by atoms with Crippen molar-refractivity contribution in [2.75, 3.05) is 13.3 Å². The van der Waals surface area contributed by atoms with E-state index >= 15 is 0 Å². The van der Waals surface area contributed by atoms with Gasteiger partial charge in [-0.2, -0.15) is 0 Å². The lowest BCUT2D eigenvalue weighted by Gasteiger charge is -2.47. The third-order valence-corrected chi connectivity index (χ3v) is 6.28. The van der Waals surface area contributed by atoms with Crippen molar-refractivity contribution in [3.8, 4) is 11.5 Å². The molecule has 2 fully saturated rings. The Morgan fingerprint density at radius 1 is 1.07 bits per heavy atom. The minimum absolute atomic E-state index is 0.178. The van der Waals surface area contributed by atoms with Gasteiger partial charge in [-0.15, -0.1) is 0 Å². The Balaban J connectivity index is 1.44. The third-order valence-electron chi connectivity index (χ3n) is 5.91. The molecule has 30 heavy (non-hydrogen) atoms. The molecule has 0 aromatic heterocycles. The normalized spacial score (nSPS) is 23.0. The predicted molar refractivity (Wildman–Crippen MR) is 110 cm³/mol. The number of rotatable bonds is 4. The van der Waals surface area contributed by atoms with Crippen molar-refractivity contribution in [3.05, 3.63) is 58.6 Å². The highest BCUT2D eigenvalue weighted by atomic mass is 35.5. The van der Waals surface area contributed by atoms with E-state index in [1.807, 2.05) is 36.4 Å². The van der Waals surface area contributed by atoms with Crippen LogP contribution in [-0.2, 0) is 17.9 Å². The first-order valence-corrected chi connectivity index (χ1v) is 10.5. The zero-order valence-electron chi connectivity index (χ0n) is 16.3. The van der Waals surface area contributed by atoms with Gasteiger partial charge in [-0.25, -0.2) is 4.79 Å². The number of halogens is 1. The second-order valence-corrected chi connectivity index (χ2v) is 8.16. The van der Waals surface area contributed by atoms with Gasteiger partial charge in [0.05, 0.1) is 12.6 Å². The van der Waals surface area contributed by atoms with Crippen LogP contribution < -0.4 is 14.8 Å². The average Bonchev–Trinajstić information content (AvgIpc) is 3.23. The lowest BCUT2D eigenvalue weighted by molar-refractivity contribution is -0.137. The molecule has 3 aliphatic heterocycles. The van der Waals surface area contributed by atoms with Crippen LogP contribution >= 0.6 is 11.6 Å². The molecule has 0 radical (unpaired) electrons. The number of fused-ring (bicyclic) bond motifs is 2. The zero-order valence-corrected chi connectivity index (χ0v) is 17.1. The fourth-order valence-corrected chi connectivity index (χ4v) is 4.58. The maximum absolute atomic E-state index is 13.4. The molecule has 8 heteroatoms. The lowest BCUT2D eigenvalue weighted by atomic mass is 9.93. The number of hydrogen-bond donors (Lipinski definition) is 1. The predicted octanol–water partition coefficient (Wildman–Crippen LogP) is 3.15. The van der Waals surface area contributed by atoms with E-state index in [-0.39, 0.29) is 31.3 Å². The summed E-state index contributed by atoms with van der Waals surface area (Å²) in [7, 11) is 0. The molecule has 2 unspecified atom stereocenters. The second-order valence-electron chi connectivity index (χ2n) is 7.76. The molecule has 2 saturated heterocycles. The maximum atomic E-state index is 13.4. The van der Waals surface area contributed by atoms with Crippen molar-refractivity contribution >= 4 is 23.5 Å². The number of imide groups is 1. The van der Waals surface area contributed by atoms with E-state index in [9.17, 15) is 9.59 Å². The second kappa shape index (κ2) is 7.81. The third kappa shape index (κ3) is 3.38. The number of amides is 3. The summed E-state index contributed by atoms with van der Waals surface area (Å²) in [4.78, 5) is 29.8. The molecule has 156 valence electrons. The van der Waals surface area contributed by atoms with Crippen molar-refractivity contribution in [2.45, 2.75) is 38.0 Å². The number of urea groups is 1. The van der Waals surface area contributed by atoms with Gasteiger partial charge < -0.3 is 19.7 Å². The quantitative estimate of drug-likeness (QED) is 0.811. The first-order chi connectivity index (χ1) is 14.6. The van der Waals surface area contributed by atoms with Crippen LogP contribution in [0.2, 0.25) is 5.02 Å². The molecule has 1 N–H and O–H groups in total. The SMILES string of the molecule is O=C1C2NCCCC2N(Cc2ccccc2Cl)C(=O)N1Cc1ccc2c(c1)OCO2. The summed E-state index contributed by atoms with van der Waals surface area (Å²) in [6.45, 7) is 1.49. The molecule has 0 spiro atoms. The fraction of sp³-hybridized carbons (Fsp3) is 0.364. The van der Waals surface area contributed by atoms with Crippen molar-refractivity contribution in [1.29, 1.82) is 0 Å². The van der Waals surface area contributed by atoms with Crippen molar-refractivity contribution in [2.24, 2.45) is 0 Å². The Labute approximate surface area is 179 Å². The summed E-state index contributed by atoms with van der Waals surface area (Å²) in [5.74, 6) is 1.12. The minimum Gasteiger partial charge on any atom is -0.454 e. The van der Waals surface area contributed by atoms with Crippen molar-refractivity contribution < 1.29 is 19.1 Å². The van der Waals surface area contributed by atoms with Gasteiger partial charge in [-0.3, -0.25) is 9.69 Å². The highest BCUT2D eigenvalue weighted by Crippen LogP contribution is 2.34. The Hall–Kier alpha value is -2.77. The van der Waals surface area contributed by atoms with Crippen LogP contribution in [0.25, 0.3) is 0 Å². The van der Waals surface area contributed by atoms with Crippen LogP contribution in [-0.4, -0.2) is 47.2 Å². The number of benzene rings is 2. The number of nitrogens with one attached hydrogen (secondary N) is 1.